The monoisotopic (exact) mass is 289 g/mol. The summed E-state index contributed by atoms with van der Waals surface area (Å²) >= 11 is 0. The molecule has 0 bridgehead atoms. The van der Waals surface area contributed by atoms with Crippen LogP contribution in [0.5, 0.6) is 5.75 Å². The van der Waals surface area contributed by atoms with Gasteiger partial charge >= 0.3 is 0 Å². The fraction of sp³-hybridized carbons (Fsp3) is 0.294. The van der Waals surface area contributed by atoms with E-state index in [1.54, 1.807) is 19.1 Å². The lowest BCUT2D eigenvalue weighted by Crippen LogP contribution is -2.24. The van der Waals surface area contributed by atoms with E-state index in [4.69, 9.17) is 0 Å². The summed E-state index contributed by atoms with van der Waals surface area (Å²) in [7, 11) is 0. The van der Waals surface area contributed by atoms with Crippen molar-refractivity contribution in [1.29, 1.82) is 0 Å². The Balaban J connectivity index is 1.85. The van der Waals surface area contributed by atoms with E-state index in [0.29, 0.717) is 5.75 Å². The third-order valence-corrected chi connectivity index (χ3v) is 4.13. The molecular formula is C17H17F2NO. The zero-order valence-electron chi connectivity index (χ0n) is 11.7. The standard InChI is InChI=1S/C17H17F2NO/c1-10(17-13(18)5-3-6-14(17)19)20-15-9-8-12-11(15)4-2-7-16(12)21/h2-7,10,15,20-21H,8-9H2,1H3. The highest BCUT2D eigenvalue weighted by atomic mass is 19.1. The predicted molar refractivity (Wildman–Crippen MR) is 77.1 cm³/mol. The Bertz CT molecular complexity index is 652. The molecule has 1 aliphatic rings. The Morgan fingerprint density at radius 1 is 1.14 bits per heavy atom. The van der Waals surface area contributed by atoms with E-state index in [2.05, 4.69) is 5.32 Å². The van der Waals surface area contributed by atoms with Crippen LogP contribution in [0.2, 0.25) is 0 Å². The fourth-order valence-electron chi connectivity index (χ4n) is 3.12. The zero-order chi connectivity index (χ0) is 15.0. The third kappa shape index (κ3) is 2.51. The Hall–Kier alpha value is -1.94. The molecule has 2 aromatic carbocycles. The number of fused-ring (bicyclic) bond motifs is 1. The molecule has 0 aliphatic heterocycles. The van der Waals surface area contributed by atoms with Crippen LogP contribution in [-0.4, -0.2) is 5.11 Å². The number of benzene rings is 2. The van der Waals surface area contributed by atoms with Crippen LogP contribution in [0.3, 0.4) is 0 Å². The second kappa shape index (κ2) is 5.45. The first-order valence-electron chi connectivity index (χ1n) is 7.08. The van der Waals surface area contributed by atoms with Crippen LogP contribution >= 0.6 is 0 Å². The summed E-state index contributed by atoms with van der Waals surface area (Å²) in [6, 6.07) is 8.87. The average Bonchev–Trinajstić information content (AvgIpc) is 2.83. The highest BCUT2D eigenvalue weighted by Gasteiger charge is 2.27. The van der Waals surface area contributed by atoms with Gasteiger partial charge in [-0.1, -0.05) is 18.2 Å². The first-order chi connectivity index (χ1) is 10.1. The summed E-state index contributed by atoms with van der Waals surface area (Å²) in [5.41, 5.74) is 2.00. The van der Waals surface area contributed by atoms with E-state index in [1.807, 2.05) is 6.07 Å². The molecule has 0 saturated heterocycles. The molecule has 2 aromatic rings. The minimum absolute atomic E-state index is 0.00102. The largest absolute Gasteiger partial charge is 0.508 e. The quantitative estimate of drug-likeness (QED) is 0.895. The normalized spacial score (nSPS) is 18.5. The lowest BCUT2D eigenvalue weighted by atomic mass is 10.0. The van der Waals surface area contributed by atoms with Crippen molar-refractivity contribution < 1.29 is 13.9 Å². The van der Waals surface area contributed by atoms with Gasteiger partial charge in [-0.25, -0.2) is 8.78 Å². The van der Waals surface area contributed by atoms with Gasteiger partial charge in [0.2, 0.25) is 0 Å². The van der Waals surface area contributed by atoms with Gasteiger partial charge in [-0.05, 0) is 49.1 Å². The van der Waals surface area contributed by atoms with Crippen LogP contribution in [0.1, 0.15) is 42.1 Å². The Labute approximate surface area is 122 Å². The molecule has 2 unspecified atom stereocenters. The van der Waals surface area contributed by atoms with Crippen molar-refractivity contribution in [3.8, 4) is 5.75 Å². The predicted octanol–water partition coefficient (Wildman–Crippen LogP) is 4.01. The maximum atomic E-state index is 13.8. The topological polar surface area (TPSA) is 32.3 Å². The number of nitrogens with one attached hydrogen (secondary N) is 1. The average molecular weight is 289 g/mol. The van der Waals surface area contributed by atoms with E-state index < -0.39 is 17.7 Å². The molecule has 2 nitrogen and oxygen atoms in total. The van der Waals surface area contributed by atoms with Gasteiger partial charge in [0, 0.05) is 17.6 Å². The maximum absolute atomic E-state index is 13.8. The van der Waals surface area contributed by atoms with Crippen LogP contribution in [-0.2, 0) is 6.42 Å². The molecule has 0 spiro atoms. The molecule has 3 rings (SSSR count). The molecule has 1 aliphatic carbocycles. The fourth-order valence-corrected chi connectivity index (χ4v) is 3.12. The molecular weight excluding hydrogens is 272 g/mol. The van der Waals surface area contributed by atoms with E-state index in [1.165, 1.54) is 18.2 Å². The van der Waals surface area contributed by atoms with Gasteiger partial charge in [-0.15, -0.1) is 0 Å². The smallest absolute Gasteiger partial charge is 0.130 e. The Morgan fingerprint density at radius 3 is 2.52 bits per heavy atom. The number of halogens is 2. The molecule has 0 radical (unpaired) electrons. The summed E-state index contributed by atoms with van der Waals surface area (Å²) in [4.78, 5) is 0. The number of hydrogen-bond acceptors (Lipinski definition) is 2. The molecule has 2 atom stereocenters. The maximum Gasteiger partial charge on any atom is 0.130 e. The van der Waals surface area contributed by atoms with Crippen molar-refractivity contribution in [2.24, 2.45) is 0 Å². The van der Waals surface area contributed by atoms with Crippen molar-refractivity contribution >= 4 is 0 Å². The van der Waals surface area contributed by atoms with E-state index in [0.717, 1.165) is 24.0 Å². The number of aromatic hydroxyl groups is 1. The molecule has 0 amide bonds. The lowest BCUT2D eigenvalue weighted by molar-refractivity contribution is 0.431. The molecule has 4 heteroatoms. The Morgan fingerprint density at radius 2 is 1.81 bits per heavy atom. The molecule has 21 heavy (non-hydrogen) atoms. The van der Waals surface area contributed by atoms with E-state index >= 15 is 0 Å². The summed E-state index contributed by atoms with van der Waals surface area (Å²) < 4.78 is 27.6. The third-order valence-electron chi connectivity index (χ3n) is 4.13. The number of rotatable bonds is 3. The zero-order valence-corrected chi connectivity index (χ0v) is 11.7. The number of phenolic OH excluding ortho intramolecular Hbond substituents is 1. The second-order valence-corrected chi connectivity index (χ2v) is 5.46. The van der Waals surface area contributed by atoms with Crippen molar-refractivity contribution in [2.75, 3.05) is 0 Å². The van der Waals surface area contributed by atoms with Crippen LogP contribution in [0.25, 0.3) is 0 Å². The van der Waals surface area contributed by atoms with Crippen LogP contribution in [0, 0.1) is 11.6 Å². The molecule has 0 heterocycles. The van der Waals surface area contributed by atoms with E-state index in [9.17, 15) is 13.9 Å². The highest BCUT2D eigenvalue weighted by Crippen LogP contribution is 2.37. The molecule has 0 saturated carbocycles. The summed E-state index contributed by atoms with van der Waals surface area (Å²) in [6.45, 7) is 1.75. The van der Waals surface area contributed by atoms with Gasteiger partial charge in [0.1, 0.15) is 17.4 Å². The van der Waals surface area contributed by atoms with Gasteiger partial charge in [0.15, 0.2) is 0 Å². The van der Waals surface area contributed by atoms with Crippen molar-refractivity contribution in [3.05, 3.63) is 64.7 Å². The molecule has 0 fully saturated rings. The minimum Gasteiger partial charge on any atom is -0.508 e. The van der Waals surface area contributed by atoms with Gasteiger partial charge in [-0.3, -0.25) is 0 Å². The first kappa shape index (κ1) is 14.0. The number of hydrogen-bond donors (Lipinski definition) is 2. The van der Waals surface area contributed by atoms with Crippen molar-refractivity contribution in [1.82, 2.24) is 5.32 Å². The molecule has 2 N–H and O–H groups in total. The Kier molecular flexibility index (Phi) is 3.64. The second-order valence-electron chi connectivity index (χ2n) is 5.46. The van der Waals surface area contributed by atoms with Gasteiger partial charge in [-0.2, -0.15) is 0 Å². The van der Waals surface area contributed by atoms with Crippen LogP contribution in [0.4, 0.5) is 8.78 Å². The summed E-state index contributed by atoms with van der Waals surface area (Å²) in [6.07, 6.45) is 1.58. The van der Waals surface area contributed by atoms with Crippen molar-refractivity contribution in [3.63, 3.8) is 0 Å². The van der Waals surface area contributed by atoms with Gasteiger partial charge in [0.05, 0.1) is 0 Å². The SMILES string of the molecule is CC(NC1CCc2c(O)cccc21)c1c(F)cccc1F. The number of phenols is 1. The van der Waals surface area contributed by atoms with Gasteiger partial charge < -0.3 is 10.4 Å². The highest BCUT2D eigenvalue weighted by molar-refractivity contribution is 5.44. The minimum atomic E-state index is -0.538. The summed E-state index contributed by atoms with van der Waals surface area (Å²) in [5, 5.41) is 13.1. The first-order valence-corrected chi connectivity index (χ1v) is 7.08. The van der Waals surface area contributed by atoms with E-state index in [-0.39, 0.29) is 11.6 Å². The van der Waals surface area contributed by atoms with Crippen molar-refractivity contribution in [2.45, 2.75) is 31.8 Å². The summed E-state index contributed by atoms with van der Waals surface area (Å²) in [5.74, 6) is -0.783. The molecule has 110 valence electrons. The molecule has 0 aromatic heterocycles. The van der Waals surface area contributed by atoms with Crippen LogP contribution < -0.4 is 5.32 Å². The lowest BCUT2D eigenvalue weighted by Gasteiger charge is -2.21. The van der Waals surface area contributed by atoms with Crippen LogP contribution in [0.15, 0.2) is 36.4 Å². The van der Waals surface area contributed by atoms with Gasteiger partial charge in [0.25, 0.3) is 0 Å².